The van der Waals surface area contributed by atoms with Crippen LogP contribution in [0.15, 0.2) is 22.8 Å². The van der Waals surface area contributed by atoms with E-state index in [0.29, 0.717) is 5.88 Å². The van der Waals surface area contributed by atoms with Gasteiger partial charge in [0.15, 0.2) is 5.88 Å². The molecule has 4 nitrogen and oxygen atoms in total. The predicted octanol–water partition coefficient (Wildman–Crippen LogP) is 1.25. The highest BCUT2D eigenvalue weighted by Crippen LogP contribution is 2.08. The molecule has 1 N–H and O–H groups in total. The summed E-state index contributed by atoms with van der Waals surface area (Å²) in [6, 6.07) is 3.09. The Balaban J connectivity index is 2.47. The highest BCUT2D eigenvalue weighted by atomic mass is 16.5. The van der Waals surface area contributed by atoms with Gasteiger partial charge in [-0.25, -0.2) is 4.79 Å². The van der Waals surface area contributed by atoms with E-state index in [1.165, 1.54) is 13.4 Å². The van der Waals surface area contributed by atoms with Gasteiger partial charge in [-0.1, -0.05) is 0 Å². The van der Waals surface area contributed by atoms with Crippen molar-refractivity contribution in [3.05, 3.63) is 18.4 Å². The standard InChI is InChI=1S/C8H11NO3/c1-6(8(10)11-2)9-7-4-3-5-12-7/h3-6,9H,1-2H3/t6-/m0/s1. The molecule has 0 aliphatic carbocycles. The lowest BCUT2D eigenvalue weighted by Crippen LogP contribution is -2.26. The molecular weight excluding hydrogens is 158 g/mol. The summed E-state index contributed by atoms with van der Waals surface area (Å²) in [4.78, 5) is 10.9. The van der Waals surface area contributed by atoms with Gasteiger partial charge < -0.3 is 14.5 Å². The van der Waals surface area contributed by atoms with Crippen LogP contribution in [0.4, 0.5) is 5.88 Å². The van der Waals surface area contributed by atoms with E-state index in [0.717, 1.165) is 0 Å². The molecule has 4 heteroatoms. The van der Waals surface area contributed by atoms with Crippen molar-refractivity contribution in [2.45, 2.75) is 13.0 Å². The Morgan fingerprint density at radius 1 is 1.75 bits per heavy atom. The van der Waals surface area contributed by atoms with Crippen LogP contribution < -0.4 is 5.32 Å². The number of carbonyl (C=O) groups is 1. The maximum atomic E-state index is 10.9. The first-order valence-electron chi connectivity index (χ1n) is 3.62. The summed E-state index contributed by atoms with van der Waals surface area (Å²) in [5.74, 6) is 0.249. The summed E-state index contributed by atoms with van der Waals surface area (Å²) >= 11 is 0. The molecule has 0 spiro atoms. The highest BCUT2D eigenvalue weighted by molar-refractivity contribution is 5.78. The Hall–Kier alpha value is -1.45. The number of nitrogens with one attached hydrogen (secondary N) is 1. The van der Waals surface area contributed by atoms with Crippen LogP contribution in [0.5, 0.6) is 0 Å². The quantitative estimate of drug-likeness (QED) is 0.692. The van der Waals surface area contributed by atoms with Crippen LogP contribution in [0.2, 0.25) is 0 Å². The number of carbonyl (C=O) groups excluding carboxylic acids is 1. The van der Waals surface area contributed by atoms with E-state index in [-0.39, 0.29) is 12.0 Å². The van der Waals surface area contributed by atoms with Crippen LogP contribution in [0.3, 0.4) is 0 Å². The van der Waals surface area contributed by atoms with Gasteiger partial charge in [0.25, 0.3) is 0 Å². The fourth-order valence-corrected chi connectivity index (χ4v) is 0.810. The summed E-state index contributed by atoms with van der Waals surface area (Å²) in [7, 11) is 1.35. The zero-order valence-electron chi connectivity index (χ0n) is 7.03. The molecule has 0 saturated heterocycles. The number of anilines is 1. The fraction of sp³-hybridized carbons (Fsp3) is 0.375. The zero-order valence-corrected chi connectivity index (χ0v) is 7.03. The highest BCUT2D eigenvalue weighted by Gasteiger charge is 2.12. The van der Waals surface area contributed by atoms with Crippen molar-refractivity contribution in [1.82, 2.24) is 0 Å². The van der Waals surface area contributed by atoms with Crippen LogP contribution in [0.25, 0.3) is 0 Å². The van der Waals surface area contributed by atoms with Crippen molar-refractivity contribution in [3.63, 3.8) is 0 Å². The maximum Gasteiger partial charge on any atom is 0.328 e. The average molecular weight is 169 g/mol. The van der Waals surface area contributed by atoms with Crippen LogP contribution in [-0.2, 0) is 9.53 Å². The van der Waals surface area contributed by atoms with Gasteiger partial charge in [-0.3, -0.25) is 0 Å². The van der Waals surface area contributed by atoms with Crippen molar-refractivity contribution in [2.24, 2.45) is 0 Å². The summed E-state index contributed by atoms with van der Waals surface area (Å²) in [6.45, 7) is 1.70. The van der Waals surface area contributed by atoms with Crippen molar-refractivity contribution in [3.8, 4) is 0 Å². The number of ether oxygens (including phenoxy) is 1. The largest absolute Gasteiger partial charge is 0.467 e. The summed E-state index contributed by atoms with van der Waals surface area (Å²) in [6.07, 6.45) is 1.53. The topological polar surface area (TPSA) is 51.5 Å². The molecule has 0 fully saturated rings. The molecule has 0 radical (unpaired) electrons. The lowest BCUT2D eigenvalue weighted by Gasteiger charge is -2.09. The number of hydrogen-bond acceptors (Lipinski definition) is 4. The molecule has 0 unspecified atom stereocenters. The van der Waals surface area contributed by atoms with E-state index >= 15 is 0 Å². The number of esters is 1. The summed E-state index contributed by atoms with van der Waals surface area (Å²) < 4.78 is 9.50. The van der Waals surface area contributed by atoms with Crippen molar-refractivity contribution < 1.29 is 13.9 Å². The molecule has 0 saturated carbocycles. The second-order valence-corrected chi connectivity index (χ2v) is 2.37. The normalized spacial score (nSPS) is 12.2. The number of rotatable bonds is 3. The van der Waals surface area contributed by atoms with Gasteiger partial charge in [-0.15, -0.1) is 0 Å². The van der Waals surface area contributed by atoms with Gasteiger partial charge in [0.1, 0.15) is 6.04 Å². The molecule has 1 aromatic rings. The van der Waals surface area contributed by atoms with E-state index in [1.54, 1.807) is 19.1 Å². The third kappa shape index (κ3) is 2.02. The van der Waals surface area contributed by atoms with Crippen LogP contribution in [0.1, 0.15) is 6.92 Å². The van der Waals surface area contributed by atoms with E-state index in [9.17, 15) is 4.79 Å². The number of furan rings is 1. The minimum atomic E-state index is -0.388. The van der Waals surface area contributed by atoms with E-state index in [1.807, 2.05) is 0 Å². The molecule has 1 heterocycles. The Kier molecular flexibility index (Phi) is 2.74. The fourth-order valence-electron chi connectivity index (χ4n) is 0.810. The molecule has 66 valence electrons. The maximum absolute atomic E-state index is 10.9. The van der Waals surface area contributed by atoms with Gasteiger partial charge in [0.05, 0.1) is 13.4 Å². The van der Waals surface area contributed by atoms with Gasteiger partial charge in [0.2, 0.25) is 0 Å². The second kappa shape index (κ2) is 3.80. The molecule has 0 bridgehead atoms. The lowest BCUT2D eigenvalue weighted by atomic mass is 10.3. The molecular formula is C8H11NO3. The number of hydrogen-bond donors (Lipinski definition) is 1. The van der Waals surface area contributed by atoms with Gasteiger partial charge in [-0.2, -0.15) is 0 Å². The third-order valence-electron chi connectivity index (χ3n) is 1.43. The number of methoxy groups -OCH3 is 1. The van der Waals surface area contributed by atoms with Crippen molar-refractivity contribution in [1.29, 1.82) is 0 Å². The minimum absolute atomic E-state index is 0.314. The first-order chi connectivity index (χ1) is 5.74. The average Bonchev–Trinajstić information content (AvgIpc) is 2.55. The second-order valence-electron chi connectivity index (χ2n) is 2.37. The van der Waals surface area contributed by atoms with Crippen LogP contribution >= 0.6 is 0 Å². The zero-order chi connectivity index (χ0) is 8.97. The molecule has 12 heavy (non-hydrogen) atoms. The Morgan fingerprint density at radius 3 is 3.00 bits per heavy atom. The summed E-state index contributed by atoms with van der Waals surface area (Å²) in [5, 5.41) is 2.83. The Labute approximate surface area is 70.5 Å². The first-order valence-corrected chi connectivity index (χ1v) is 3.62. The molecule has 1 rings (SSSR count). The van der Waals surface area contributed by atoms with Gasteiger partial charge in [-0.05, 0) is 13.0 Å². The van der Waals surface area contributed by atoms with Crippen LogP contribution in [-0.4, -0.2) is 19.1 Å². The molecule has 1 aromatic heterocycles. The summed E-state index contributed by atoms with van der Waals surface area (Å²) in [5.41, 5.74) is 0. The van der Waals surface area contributed by atoms with E-state index in [4.69, 9.17) is 4.42 Å². The SMILES string of the molecule is COC(=O)[C@H](C)Nc1ccco1. The van der Waals surface area contributed by atoms with E-state index in [2.05, 4.69) is 10.1 Å². The van der Waals surface area contributed by atoms with Gasteiger partial charge >= 0.3 is 5.97 Å². The molecule has 0 aliphatic heterocycles. The Morgan fingerprint density at radius 2 is 2.50 bits per heavy atom. The molecule has 1 atom stereocenters. The van der Waals surface area contributed by atoms with Crippen molar-refractivity contribution >= 4 is 11.9 Å². The van der Waals surface area contributed by atoms with Crippen molar-refractivity contribution in [2.75, 3.05) is 12.4 Å². The lowest BCUT2D eigenvalue weighted by molar-refractivity contribution is -0.141. The molecule has 0 amide bonds. The minimum Gasteiger partial charge on any atom is -0.467 e. The van der Waals surface area contributed by atoms with Gasteiger partial charge in [0, 0.05) is 6.07 Å². The smallest absolute Gasteiger partial charge is 0.328 e. The van der Waals surface area contributed by atoms with Crippen LogP contribution in [0, 0.1) is 0 Å². The third-order valence-corrected chi connectivity index (χ3v) is 1.43. The predicted molar refractivity (Wildman–Crippen MR) is 43.8 cm³/mol. The van der Waals surface area contributed by atoms with E-state index < -0.39 is 0 Å². The monoisotopic (exact) mass is 169 g/mol. The molecule has 0 aliphatic rings. The first kappa shape index (κ1) is 8.64. The Bertz CT molecular complexity index is 243. The molecule has 0 aromatic carbocycles.